The van der Waals surface area contributed by atoms with Crippen molar-refractivity contribution in [1.82, 2.24) is 0 Å². The lowest BCUT2D eigenvalue weighted by molar-refractivity contribution is 0.0997. The summed E-state index contributed by atoms with van der Waals surface area (Å²) in [5, 5.41) is 3.43. The lowest BCUT2D eigenvalue weighted by Gasteiger charge is -2.29. The Kier molecular flexibility index (Phi) is 5.71. The van der Waals surface area contributed by atoms with Gasteiger partial charge in [0, 0.05) is 28.8 Å². The Morgan fingerprint density at radius 3 is 2.50 bits per heavy atom. The predicted octanol–water partition coefficient (Wildman–Crippen LogP) is 5.45. The fourth-order valence-electron chi connectivity index (χ4n) is 3.07. The summed E-state index contributed by atoms with van der Waals surface area (Å²) in [6.45, 7) is 2.98. The van der Waals surface area contributed by atoms with Crippen LogP contribution in [0.3, 0.4) is 0 Å². The number of nitrogens with zero attached hydrogens (tertiary/aromatic N) is 1. The quantitative estimate of drug-likeness (QED) is 0.561. The predicted molar refractivity (Wildman–Crippen MR) is 114 cm³/mol. The van der Waals surface area contributed by atoms with Gasteiger partial charge in [0.15, 0.2) is 5.76 Å². The second-order valence-corrected chi connectivity index (χ2v) is 7.71. The molecule has 28 heavy (non-hydrogen) atoms. The van der Waals surface area contributed by atoms with E-state index in [4.69, 9.17) is 20.8 Å². The molecule has 1 aromatic heterocycles. The highest BCUT2D eigenvalue weighted by molar-refractivity contribution is 9.10. The number of anilines is 2. The summed E-state index contributed by atoms with van der Waals surface area (Å²) in [5.74, 6) is 0.559. The molecule has 7 heteroatoms. The molecule has 0 spiro atoms. The van der Waals surface area contributed by atoms with Crippen LogP contribution in [0.15, 0.2) is 63.5 Å². The van der Waals surface area contributed by atoms with Gasteiger partial charge in [-0.3, -0.25) is 4.79 Å². The van der Waals surface area contributed by atoms with E-state index in [-0.39, 0.29) is 11.7 Å². The van der Waals surface area contributed by atoms with Crippen LogP contribution >= 0.6 is 27.5 Å². The summed E-state index contributed by atoms with van der Waals surface area (Å²) >= 11 is 9.83. The SMILES string of the molecule is O=C(Nc1ccc(N2CCOCC2)c(Cl)c1)c1ccc(-c2ccc(Br)cc2)o1. The van der Waals surface area contributed by atoms with Gasteiger partial charge < -0.3 is 19.4 Å². The summed E-state index contributed by atoms with van der Waals surface area (Å²) in [5.41, 5.74) is 2.47. The molecule has 2 aromatic carbocycles. The van der Waals surface area contributed by atoms with Crippen molar-refractivity contribution >= 4 is 44.8 Å². The van der Waals surface area contributed by atoms with Gasteiger partial charge >= 0.3 is 0 Å². The van der Waals surface area contributed by atoms with Crippen LogP contribution in [0, 0.1) is 0 Å². The van der Waals surface area contributed by atoms with E-state index >= 15 is 0 Å². The zero-order valence-electron chi connectivity index (χ0n) is 15.0. The second kappa shape index (κ2) is 8.39. The van der Waals surface area contributed by atoms with Gasteiger partial charge in [0.2, 0.25) is 0 Å². The maximum Gasteiger partial charge on any atom is 0.291 e. The molecule has 0 unspecified atom stereocenters. The molecule has 144 valence electrons. The molecule has 2 heterocycles. The van der Waals surface area contributed by atoms with Gasteiger partial charge in [-0.05, 0) is 42.5 Å². The lowest BCUT2D eigenvalue weighted by atomic mass is 10.2. The normalized spacial score (nSPS) is 14.1. The number of rotatable bonds is 4. The minimum atomic E-state index is -0.321. The van der Waals surface area contributed by atoms with Crippen LogP contribution in [0.2, 0.25) is 5.02 Å². The summed E-state index contributed by atoms with van der Waals surface area (Å²) in [6.07, 6.45) is 0. The van der Waals surface area contributed by atoms with Crippen molar-refractivity contribution in [3.05, 3.63) is 69.9 Å². The molecule has 1 aliphatic heterocycles. The van der Waals surface area contributed by atoms with E-state index in [0.717, 1.165) is 28.8 Å². The Bertz CT molecular complexity index is 982. The molecular formula is C21H18BrClN2O3. The van der Waals surface area contributed by atoms with Gasteiger partial charge in [-0.1, -0.05) is 39.7 Å². The largest absolute Gasteiger partial charge is 0.451 e. The van der Waals surface area contributed by atoms with Gasteiger partial charge in [-0.25, -0.2) is 0 Å². The Morgan fingerprint density at radius 2 is 1.79 bits per heavy atom. The Hall–Kier alpha value is -2.28. The number of hydrogen-bond donors (Lipinski definition) is 1. The highest BCUT2D eigenvalue weighted by atomic mass is 79.9. The van der Waals surface area contributed by atoms with E-state index in [1.165, 1.54) is 0 Å². The number of benzene rings is 2. The van der Waals surface area contributed by atoms with Crippen molar-refractivity contribution in [2.24, 2.45) is 0 Å². The third kappa shape index (κ3) is 4.24. The van der Waals surface area contributed by atoms with Crippen LogP contribution in [0.1, 0.15) is 10.6 Å². The van der Waals surface area contributed by atoms with Crippen LogP contribution in [0.5, 0.6) is 0 Å². The molecule has 1 aliphatic rings. The van der Waals surface area contributed by atoms with Gasteiger partial charge in [-0.2, -0.15) is 0 Å². The first kappa shape index (κ1) is 19.1. The number of furan rings is 1. The molecule has 0 aliphatic carbocycles. The van der Waals surface area contributed by atoms with Gasteiger partial charge in [0.1, 0.15) is 5.76 Å². The van der Waals surface area contributed by atoms with Crippen molar-refractivity contribution < 1.29 is 13.9 Å². The summed E-state index contributed by atoms with van der Waals surface area (Å²) in [6, 6.07) is 16.7. The first-order valence-corrected chi connectivity index (χ1v) is 10.1. The highest BCUT2D eigenvalue weighted by Gasteiger charge is 2.16. The molecule has 1 amide bonds. The Morgan fingerprint density at radius 1 is 1.04 bits per heavy atom. The standard InChI is InChI=1S/C21H18BrClN2O3/c22-15-3-1-14(2-4-15)19-7-8-20(28-19)21(26)24-16-5-6-18(17(23)13-16)25-9-11-27-12-10-25/h1-8,13H,9-12H2,(H,24,26). The zero-order chi connectivity index (χ0) is 19.5. The van der Waals surface area contributed by atoms with Crippen molar-refractivity contribution in [1.29, 1.82) is 0 Å². The monoisotopic (exact) mass is 460 g/mol. The molecule has 0 radical (unpaired) electrons. The van der Waals surface area contributed by atoms with E-state index in [9.17, 15) is 4.79 Å². The first-order valence-electron chi connectivity index (χ1n) is 8.89. The molecule has 0 atom stereocenters. The van der Waals surface area contributed by atoms with E-state index in [0.29, 0.717) is 29.7 Å². The van der Waals surface area contributed by atoms with Gasteiger partial charge in [-0.15, -0.1) is 0 Å². The number of carbonyl (C=O) groups is 1. The molecule has 5 nitrogen and oxygen atoms in total. The number of ether oxygens (including phenoxy) is 1. The molecular weight excluding hydrogens is 444 g/mol. The first-order chi connectivity index (χ1) is 13.6. The molecule has 1 N–H and O–H groups in total. The van der Waals surface area contributed by atoms with E-state index in [1.807, 2.05) is 36.4 Å². The molecule has 1 saturated heterocycles. The van der Waals surface area contributed by atoms with E-state index < -0.39 is 0 Å². The molecule has 1 fully saturated rings. The number of carbonyl (C=O) groups excluding carboxylic acids is 1. The zero-order valence-corrected chi connectivity index (χ0v) is 17.3. The minimum Gasteiger partial charge on any atom is -0.451 e. The van der Waals surface area contributed by atoms with E-state index in [2.05, 4.69) is 26.1 Å². The number of amides is 1. The van der Waals surface area contributed by atoms with Crippen LogP contribution in [-0.2, 0) is 4.74 Å². The summed E-state index contributed by atoms with van der Waals surface area (Å²) < 4.78 is 12.1. The van der Waals surface area contributed by atoms with Crippen molar-refractivity contribution in [3.63, 3.8) is 0 Å². The van der Waals surface area contributed by atoms with Crippen LogP contribution in [-0.4, -0.2) is 32.2 Å². The van der Waals surface area contributed by atoms with Crippen LogP contribution in [0.25, 0.3) is 11.3 Å². The molecule has 3 aromatic rings. The molecule has 4 rings (SSSR count). The number of halogens is 2. The fourth-order valence-corrected chi connectivity index (χ4v) is 3.63. The Balaban J connectivity index is 1.46. The average Bonchev–Trinajstić information content (AvgIpc) is 3.20. The van der Waals surface area contributed by atoms with Gasteiger partial charge in [0.25, 0.3) is 5.91 Å². The van der Waals surface area contributed by atoms with Crippen LogP contribution < -0.4 is 10.2 Å². The third-order valence-corrected chi connectivity index (χ3v) is 5.35. The fraction of sp³-hybridized carbons (Fsp3) is 0.190. The van der Waals surface area contributed by atoms with Crippen LogP contribution in [0.4, 0.5) is 11.4 Å². The second-order valence-electron chi connectivity index (χ2n) is 6.39. The van der Waals surface area contributed by atoms with Crippen molar-refractivity contribution in [2.45, 2.75) is 0 Å². The maximum atomic E-state index is 12.5. The minimum absolute atomic E-state index is 0.242. The summed E-state index contributed by atoms with van der Waals surface area (Å²) in [4.78, 5) is 14.7. The van der Waals surface area contributed by atoms with Crippen molar-refractivity contribution in [3.8, 4) is 11.3 Å². The highest BCUT2D eigenvalue weighted by Crippen LogP contribution is 2.30. The van der Waals surface area contributed by atoms with E-state index in [1.54, 1.807) is 18.2 Å². The molecule has 0 saturated carbocycles. The number of morpholine rings is 1. The molecule has 0 bridgehead atoms. The number of hydrogen-bond acceptors (Lipinski definition) is 4. The van der Waals surface area contributed by atoms with Gasteiger partial charge in [0.05, 0.1) is 23.9 Å². The smallest absolute Gasteiger partial charge is 0.291 e. The third-order valence-electron chi connectivity index (χ3n) is 4.52. The summed E-state index contributed by atoms with van der Waals surface area (Å²) in [7, 11) is 0. The lowest BCUT2D eigenvalue weighted by Crippen LogP contribution is -2.36. The topological polar surface area (TPSA) is 54.7 Å². The maximum absolute atomic E-state index is 12.5. The average molecular weight is 462 g/mol. The number of nitrogens with one attached hydrogen (secondary N) is 1. The Labute approximate surface area is 176 Å². The van der Waals surface area contributed by atoms with Crippen molar-refractivity contribution in [2.75, 3.05) is 36.5 Å².